The van der Waals surface area contributed by atoms with Crippen LogP contribution in [-0.4, -0.2) is 36.9 Å². The second kappa shape index (κ2) is 9.18. The van der Waals surface area contributed by atoms with E-state index in [1.54, 1.807) is 12.4 Å². The number of hydrogen-bond acceptors (Lipinski definition) is 5. The Balaban J connectivity index is 1.68. The van der Waals surface area contributed by atoms with E-state index in [1.807, 2.05) is 48.7 Å². The van der Waals surface area contributed by atoms with E-state index in [0.29, 0.717) is 22.0 Å². The van der Waals surface area contributed by atoms with Crippen LogP contribution < -0.4 is 5.32 Å². The fraction of sp³-hybridized carbons (Fsp3) is 0.364. The van der Waals surface area contributed by atoms with Crippen LogP contribution in [0.3, 0.4) is 0 Å². The molecule has 1 saturated carbocycles. The molecule has 8 heteroatoms. The number of halogens is 1. The monoisotopic (exact) mass is 441 g/mol. The summed E-state index contributed by atoms with van der Waals surface area (Å²) in [5.74, 6) is 0.725. The molecule has 1 unspecified atom stereocenters. The molecule has 2 heterocycles. The van der Waals surface area contributed by atoms with Gasteiger partial charge >= 0.3 is 0 Å². The molecule has 1 aromatic carbocycles. The van der Waals surface area contributed by atoms with Gasteiger partial charge in [0, 0.05) is 29.0 Å². The van der Waals surface area contributed by atoms with E-state index in [9.17, 15) is 4.79 Å². The summed E-state index contributed by atoms with van der Waals surface area (Å²) in [5.41, 5.74) is 2.72. The molecule has 0 radical (unpaired) electrons. The van der Waals surface area contributed by atoms with Gasteiger partial charge in [-0.2, -0.15) is 0 Å². The van der Waals surface area contributed by atoms with Gasteiger partial charge in [-0.3, -0.25) is 14.3 Å². The summed E-state index contributed by atoms with van der Waals surface area (Å²) >= 11 is 7.80. The van der Waals surface area contributed by atoms with Crippen molar-refractivity contribution in [2.45, 2.75) is 56.0 Å². The van der Waals surface area contributed by atoms with Gasteiger partial charge in [0.05, 0.1) is 10.9 Å². The average molecular weight is 442 g/mol. The lowest BCUT2D eigenvalue weighted by molar-refractivity contribution is -0.120. The van der Waals surface area contributed by atoms with Gasteiger partial charge in [-0.05, 0) is 56.5 Å². The number of hydrogen-bond donors (Lipinski definition) is 1. The van der Waals surface area contributed by atoms with Crippen molar-refractivity contribution in [2.24, 2.45) is 0 Å². The van der Waals surface area contributed by atoms with Crippen LogP contribution in [0.1, 0.15) is 38.2 Å². The molecule has 1 fully saturated rings. The van der Waals surface area contributed by atoms with Gasteiger partial charge in [0.25, 0.3) is 0 Å². The molecular weight excluding hydrogens is 418 g/mol. The summed E-state index contributed by atoms with van der Waals surface area (Å²) in [7, 11) is 0. The predicted octanol–water partition coefficient (Wildman–Crippen LogP) is 4.83. The second-order valence-corrected chi connectivity index (χ2v) is 9.23. The zero-order valence-corrected chi connectivity index (χ0v) is 18.6. The molecule has 0 aliphatic heterocycles. The Morgan fingerprint density at radius 1 is 1.20 bits per heavy atom. The summed E-state index contributed by atoms with van der Waals surface area (Å²) < 4.78 is 1.97. The lowest BCUT2D eigenvalue weighted by atomic mass is 10.2. The Hall–Kier alpha value is -2.38. The van der Waals surface area contributed by atoms with E-state index in [1.165, 1.54) is 24.6 Å². The van der Waals surface area contributed by atoms with Crippen molar-refractivity contribution in [2.75, 3.05) is 0 Å². The Morgan fingerprint density at radius 2 is 1.93 bits per heavy atom. The molecule has 1 aliphatic carbocycles. The number of benzene rings is 1. The summed E-state index contributed by atoms with van der Waals surface area (Å²) in [5, 5.41) is 13.1. The Bertz CT molecular complexity index is 1030. The molecule has 0 bridgehead atoms. The van der Waals surface area contributed by atoms with E-state index in [4.69, 9.17) is 11.6 Å². The van der Waals surface area contributed by atoms with Crippen LogP contribution >= 0.6 is 23.4 Å². The van der Waals surface area contributed by atoms with Gasteiger partial charge < -0.3 is 5.32 Å². The minimum Gasteiger partial charge on any atom is -0.352 e. The number of carbonyl (C=O) groups excluding carboxylic acids is 1. The van der Waals surface area contributed by atoms with Gasteiger partial charge in [0.1, 0.15) is 0 Å². The van der Waals surface area contributed by atoms with E-state index >= 15 is 0 Å². The number of carbonyl (C=O) groups is 1. The summed E-state index contributed by atoms with van der Waals surface area (Å²) in [6, 6.07) is 9.84. The summed E-state index contributed by atoms with van der Waals surface area (Å²) in [4.78, 5) is 16.8. The number of pyridine rings is 1. The lowest BCUT2D eigenvalue weighted by Crippen LogP contribution is -2.37. The molecule has 1 N–H and O–H groups in total. The number of nitrogens with one attached hydrogen (secondary N) is 1. The van der Waals surface area contributed by atoms with Gasteiger partial charge in [0.2, 0.25) is 5.91 Å². The normalized spacial score (nSPS) is 15.3. The maximum Gasteiger partial charge on any atom is 0.233 e. The van der Waals surface area contributed by atoms with Crippen molar-refractivity contribution in [1.82, 2.24) is 25.1 Å². The largest absolute Gasteiger partial charge is 0.352 e. The van der Waals surface area contributed by atoms with Gasteiger partial charge in [-0.1, -0.05) is 42.3 Å². The van der Waals surface area contributed by atoms with E-state index in [0.717, 1.165) is 29.7 Å². The maximum atomic E-state index is 12.7. The summed E-state index contributed by atoms with van der Waals surface area (Å²) in [6.45, 7) is 3.88. The van der Waals surface area contributed by atoms with Crippen molar-refractivity contribution in [3.05, 3.63) is 53.3 Å². The Morgan fingerprint density at radius 3 is 2.67 bits per heavy atom. The van der Waals surface area contributed by atoms with E-state index in [2.05, 4.69) is 20.5 Å². The molecule has 4 rings (SSSR count). The highest BCUT2D eigenvalue weighted by Crippen LogP contribution is 2.33. The molecule has 3 aromatic rings. The first-order valence-corrected chi connectivity index (χ1v) is 11.4. The first kappa shape index (κ1) is 20.9. The molecule has 6 nitrogen and oxygen atoms in total. The SMILES string of the molecule is Cc1c(Cl)cccc1-n1c(SC(C)C(=O)NC2CCCC2)nnc1-c1ccncc1. The van der Waals surface area contributed by atoms with Crippen LogP contribution in [0.5, 0.6) is 0 Å². The molecule has 1 atom stereocenters. The molecule has 2 aromatic heterocycles. The van der Waals surface area contributed by atoms with Crippen LogP contribution in [0.4, 0.5) is 0 Å². The number of thioether (sulfide) groups is 1. The topological polar surface area (TPSA) is 72.7 Å². The van der Waals surface area contributed by atoms with Crippen molar-refractivity contribution >= 4 is 29.3 Å². The molecule has 1 amide bonds. The van der Waals surface area contributed by atoms with E-state index < -0.39 is 0 Å². The highest BCUT2D eigenvalue weighted by atomic mass is 35.5. The fourth-order valence-corrected chi connectivity index (χ4v) is 4.73. The lowest BCUT2D eigenvalue weighted by Gasteiger charge is -2.18. The highest BCUT2D eigenvalue weighted by Gasteiger charge is 2.25. The third kappa shape index (κ3) is 4.37. The maximum absolute atomic E-state index is 12.7. The van der Waals surface area contributed by atoms with Crippen LogP contribution in [0.2, 0.25) is 5.02 Å². The molecule has 0 spiro atoms. The smallest absolute Gasteiger partial charge is 0.233 e. The van der Waals surface area contributed by atoms with Crippen molar-refractivity contribution in [3.63, 3.8) is 0 Å². The molecule has 30 heavy (non-hydrogen) atoms. The standard InChI is InChI=1S/C22H24ClN5OS/c1-14-18(23)8-5-9-19(14)28-20(16-10-12-24-13-11-16)26-27-22(28)30-15(2)21(29)25-17-6-3-4-7-17/h5,8-13,15,17H,3-4,6-7H2,1-2H3,(H,25,29). The minimum absolute atomic E-state index is 0.0368. The Kier molecular flexibility index (Phi) is 6.39. The molecule has 1 aliphatic rings. The quantitative estimate of drug-likeness (QED) is 0.554. The fourth-order valence-electron chi connectivity index (χ4n) is 3.69. The van der Waals surface area contributed by atoms with Crippen molar-refractivity contribution in [3.8, 4) is 17.1 Å². The third-order valence-corrected chi connectivity index (χ3v) is 6.86. The molecule has 156 valence electrons. The van der Waals surface area contributed by atoms with Gasteiger partial charge in [-0.15, -0.1) is 10.2 Å². The summed E-state index contributed by atoms with van der Waals surface area (Å²) in [6.07, 6.45) is 7.95. The highest BCUT2D eigenvalue weighted by molar-refractivity contribution is 8.00. The Labute approximate surface area is 185 Å². The predicted molar refractivity (Wildman–Crippen MR) is 120 cm³/mol. The second-order valence-electron chi connectivity index (χ2n) is 7.51. The first-order valence-electron chi connectivity index (χ1n) is 10.1. The van der Waals surface area contributed by atoms with Crippen molar-refractivity contribution < 1.29 is 4.79 Å². The van der Waals surface area contributed by atoms with Gasteiger partial charge in [-0.25, -0.2) is 0 Å². The number of rotatable bonds is 6. The minimum atomic E-state index is -0.293. The number of amides is 1. The third-order valence-electron chi connectivity index (χ3n) is 5.40. The van der Waals surface area contributed by atoms with Gasteiger partial charge in [0.15, 0.2) is 11.0 Å². The zero-order valence-electron chi connectivity index (χ0n) is 17.0. The average Bonchev–Trinajstić information content (AvgIpc) is 3.41. The number of aromatic nitrogens is 4. The first-order chi connectivity index (χ1) is 14.5. The van der Waals surface area contributed by atoms with Crippen LogP contribution in [-0.2, 0) is 4.79 Å². The zero-order chi connectivity index (χ0) is 21.1. The molecular formula is C22H24ClN5OS. The van der Waals surface area contributed by atoms with E-state index in [-0.39, 0.29) is 11.2 Å². The van der Waals surface area contributed by atoms with Crippen LogP contribution in [0, 0.1) is 6.92 Å². The number of nitrogens with zero attached hydrogens (tertiary/aromatic N) is 4. The molecule has 0 saturated heterocycles. The van der Waals surface area contributed by atoms with Crippen molar-refractivity contribution in [1.29, 1.82) is 0 Å². The van der Waals surface area contributed by atoms with Crippen LogP contribution in [0.25, 0.3) is 17.1 Å². The van der Waals surface area contributed by atoms with Crippen LogP contribution in [0.15, 0.2) is 47.9 Å².